The van der Waals surface area contributed by atoms with Crippen molar-refractivity contribution in [2.24, 2.45) is 11.1 Å². The number of nitrogens with one attached hydrogen (secondary N) is 1. The molecule has 9 heteroatoms. The van der Waals surface area contributed by atoms with Crippen LogP contribution in [0, 0.1) is 17.0 Å². The Hall–Kier alpha value is -2.78. The van der Waals surface area contributed by atoms with Gasteiger partial charge in [0.05, 0.1) is 5.57 Å². The molecule has 2 aliphatic rings. The fourth-order valence-electron chi connectivity index (χ4n) is 3.16. The molecule has 0 saturated heterocycles. The average molecular weight is 393 g/mol. The zero-order chi connectivity index (χ0) is 20.8. The van der Waals surface area contributed by atoms with Gasteiger partial charge in [-0.3, -0.25) is 9.59 Å². The van der Waals surface area contributed by atoms with Crippen molar-refractivity contribution >= 4 is 11.7 Å². The molecule has 150 valence electrons. The van der Waals surface area contributed by atoms with Crippen LogP contribution >= 0.6 is 0 Å². The fourth-order valence-corrected chi connectivity index (χ4v) is 3.16. The summed E-state index contributed by atoms with van der Waals surface area (Å²) in [5.41, 5.74) is 4.89. The highest BCUT2D eigenvalue weighted by Gasteiger charge is 2.46. The molecule has 0 radical (unpaired) electrons. The standard InChI is InChI=1S/C19H21F2N3O4/c1-19(2)13(22)8-24-7-11(15(25)16(26)14(24)17(19)27)18(28)23-6-9-3-4-10(20)5-12(9)21/h3-5,7,13,15,25,27H,6,8,22H2,1-2H3,(H,23,28). The van der Waals surface area contributed by atoms with Crippen molar-refractivity contribution in [3.05, 3.63) is 58.6 Å². The number of carbonyl (C=O) groups is 2. The predicted molar refractivity (Wildman–Crippen MR) is 95.4 cm³/mol. The van der Waals surface area contributed by atoms with Gasteiger partial charge in [0.25, 0.3) is 5.91 Å². The molecule has 3 rings (SSSR count). The van der Waals surface area contributed by atoms with Crippen LogP contribution in [-0.4, -0.2) is 45.5 Å². The highest BCUT2D eigenvalue weighted by Crippen LogP contribution is 2.38. The smallest absolute Gasteiger partial charge is 0.252 e. The van der Waals surface area contributed by atoms with Crippen molar-refractivity contribution in [2.75, 3.05) is 6.54 Å². The van der Waals surface area contributed by atoms with E-state index in [1.807, 2.05) is 0 Å². The molecule has 0 fully saturated rings. The molecule has 0 saturated carbocycles. The van der Waals surface area contributed by atoms with Gasteiger partial charge in [0.2, 0.25) is 5.78 Å². The van der Waals surface area contributed by atoms with Crippen molar-refractivity contribution in [3.63, 3.8) is 0 Å². The maximum atomic E-state index is 13.7. The molecule has 1 aromatic carbocycles. The van der Waals surface area contributed by atoms with Crippen molar-refractivity contribution in [1.29, 1.82) is 0 Å². The normalized spacial score (nSPS) is 24.0. The first-order chi connectivity index (χ1) is 13.0. The molecular formula is C19H21F2N3O4. The average Bonchev–Trinajstić information content (AvgIpc) is 2.62. The van der Waals surface area contributed by atoms with Crippen LogP contribution in [0.1, 0.15) is 19.4 Å². The van der Waals surface area contributed by atoms with Crippen LogP contribution in [-0.2, 0) is 16.1 Å². The van der Waals surface area contributed by atoms with Gasteiger partial charge in [0.1, 0.15) is 23.1 Å². The Bertz CT molecular complexity index is 910. The summed E-state index contributed by atoms with van der Waals surface area (Å²) < 4.78 is 26.7. The lowest BCUT2D eigenvalue weighted by molar-refractivity contribution is -0.128. The Balaban J connectivity index is 1.85. The van der Waals surface area contributed by atoms with Gasteiger partial charge >= 0.3 is 0 Å². The summed E-state index contributed by atoms with van der Waals surface area (Å²) in [7, 11) is 0. The van der Waals surface area contributed by atoms with Gasteiger partial charge in [-0.1, -0.05) is 19.9 Å². The fraction of sp³-hybridized carbons (Fsp3) is 0.368. The molecule has 1 aromatic rings. The third-order valence-electron chi connectivity index (χ3n) is 5.23. The van der Waals surface area contributed by atoms with E-state index in [2.05, 4.69) is 5.32 Å². The zero-order valence-electron chi connectivity index (χ0n) is 15.4. The molecule has 2 heterocycles. The Labute approximate surface area is 160 Å². The Morgan fingerprint density at radius 3 is 2.71 bits per heavy atom. The van der Waals surface area contributed by atoms with Gasteiger partial charge in [-0.2, -0.15) is 0 Å². The molecule has 0 bridgehead atoms. The van der Waals surface area contributed by atoms with E-state index in [4.69, 9.17) is 5.73 Å². The van der Waals surface area contributed by atoms with E-state index in [9.17, 15) is 28.6 Å². The number of amides is 1. The second-order valence-electron chi connectivity index (χ2n) is 7.45. The summed E-state index contributed by atoms with van der Waals surface area (Å²) in [4.78, 5) is 26.4. The Morgan fingerprint density at radius 1 is 1.39 bits per heavy atom. The van der Waals surface area contributed by atoms with Gasteiger partial charge in [-0.05, 0) is 6.07 Å². The van der Waals surface area contributed by atoms with Crippen LogP contribution < -0.4 is 11.1 Å². The number of hydrogen-bond acceptors (Lipinski definition) is 6. The molecule has 0 aliphatic carbocycles. The first kappa shape index (κ1) is 20.0. The van der Waals surface area contributed by atoms with Crippen LogP contribution in [0.4, 0.5) is 8.78 Å². The van der Waals surface area contributed by atoms with E-state index in [1.54, 1.807) is 13.8 Å². The monoisotopic (exact) mass is 393 g/mol. The number of nitrogens with two attached hydrogens (primary N) is 1. The molecule has 2 unspecified atom stereocenters. The molecule has 0 aromatic heterocycles. The van der Waals surface area contributed by atoms with Crippen molar-refractivity contribution in [2.45, 2.75) is 32.5 Å². The number of halogens is 2. The minimum Gasteiger partial charge on any atom is -0.509 e. The minimum atomic E-state index is -1.78. The molecule has 2 atom stereocenters. The van der Waals surface area contributed by atoms with Gasteiger partial charge < -0.3 is 26.2 Å². The number of aliphatic hydroxyl groups is 2. The highest BCUT2D eigenvalue weighted by molar-refractivity contribution is 6.09. The summed E-state index contributed by atoms with van der Waals surface area (Å²) >= 11 is 0. The van der Waals surface area contributed by atoms with Crippen molar-refractivity contribution in [1.82, 2.24) is 10.2 Å². The first-order valence-corrected chi connectivity index (χ1v) is 8.66. The number of hydrogen-bond donors (Lipinski definition) is 4. The SMILES string of the molecule is CC1(C)C(O)=C2C(=O)C(O)C(C(=O)NCc3ccc(F)cc3F)=CN2CC1N. The molecule has 2 aliphatic heterocycles. The summed E-state index contributed by atoms with van der Waals surface area (Å²) in [5, 5.41) is 23.1. The van der Waals surface area contributed by atoms with E-state index in [1.165, 1.54) is 17.2 Å². The maximum Gasteiger partial charge on any atom is 0.252 e. The number of ketones is 1. The maximum absolute atomic E-state index is 13.7. The predicted octanol–water partition coefficient (Wildman–Crippen LogP) is 0.847. The molecule has 5 N–H and O–H groups in total. The second-order valence-corrected chi connectivity index (χ2v) is 7.45. The number of rotatable bonds is 3. The van der Waals surface area contributed by atoms with Gasteiger partial charge in [-0.25, -0.2) is 8.78 Å². The highest BCUT2D eigenvalue weighted by atomic mass is 19.1. The number of benzene rings is 1. The third kappa shape index (κ3) is 3.27. The first-order valence-electron chi connectivity index (χ1n) is 8.66. The molecule has 7 nitrogen and oxygen atoms in total. The van der Waals surface area contributed by atoms with E-state index in [0.29, 0.717) is 6.07 Å². The lowest BCUT2D eigenvalue weighted by Crippen LogP contribution is -2.55. The topological polar surface area (TPSA) is 116 Å². The lowest BCUT2D eigenvalue weighted by atomic mass is 9.77. The van der Waals surface area contributed by atoms with E-state index in [0.717, 1.165) is 6.07 Å². The minimum absolute atomic E-state index is 0.0481. The van der Waals surface area contributed by atoms with Crippen molar-refractivity contribution in [3.8, 4) is 0 Å². The van der Waals surface area contributed by atoms with Crippen LogP contribution in [0.5, 0.6) is 0 Å². The van der Waals surface area contributed by atoms with Crippen LogP contribution in [0.2, 0.25) is 0 Å². The molecular weight excluding hydrogens is 372 g/mol. The summed E-state index contributed by atoms with van der Waals surface area (Å²) in [6, 6.07) is 2.41. The van der Waals surface area contributed by atoms with E-state index in [-0.39, 0.29) is 35.7 Å². The summed E-state index contributed by atoms with van der Waals surface area (Å²) in [6.07, 6.45) is -0.528. The Morgan fingerprint density at radius 2 is 2.07 bits per heavy atom. The second kappa shape index (κ2) is 6.99. The van der Waals surface area contributed by atoms with Gasteiger partial charge in [0, 0.05) is 42.4 Å². The summed E-state index contributed by atoms with van der Waals surface area (Å²) in [6.45, 7) is 3.26. The van der Waals surface area contributed by atoms with Crippen LogP contribution in [0.25, 0.3) is 0 Å². The molecule has 1 amide bonds. The number of aliphatic hydroxyl groups excluding tert-OH is 2. The summed E-state index contributed by atoms with van der Waals surface area (Å²) in [5.74, 6) is -3.43. The van der Waals surface area contributed by atoms with Gasteiger partial charge in [-0.15, -0.1) is 0 Å². The van der Waals surface area contributed by atoms with E-state index >= 15 is 0 Å². The largest absolute Gasteiger partial charge is 0.509 e. The van der Waals surface area contributed by atoms with E-state index < -0.39 is 40.9 Å². The number of Topliss-reactive ketones (excluding diaryl/α,β-unsaturated/α-hetero) is 1. The zero-order valence-corrected chi connectivity index (χ0v) is 15.4. The van der Waals surface area contributed by atoms with Crippen LogP contribution in [0.3, 0.4) is 0 Å². The van der Waals surface area contributed by atoms with Crippen LogP contribution in [0.15, 0.2) is 41.4 Å². The number of fused-ring (bicyclic) bond motifs is 1. The lowest BCUT2D eigenvalue weighted by Gasteiger charge is -2.44. The Kier molecular flexibility index (Phi) is 4.99. The number of nitrogens with zero attached hydrogens (tertiary/aromatic N) is 1. The van der Waals surface area contributed by atoms with Crippen molar-refractivity contribution < 1.29 is 28.6 Å². The number of carbonyl (C=O) groups excluding carboxylic acids is 2. The molecule has 0 spiro atoms. The van der Waals surface area contributed by atoms with Gasteiger partial charge in [0.15, 0.2) is 6.10 Å². The quantitative estimate of drug-likeness (QED) is 0.605. The molecule has 28 heavy (non-hydrogen) atoms. The third-order valence-corrected chi connectivity index (χ3v) is 5.23.